The summed E-state index contributed by atoms with van der Waals surface area (Å²) < 4.78 is 17.0. The molecule has 0 aromatic heterocycles. The van der Waals surface area contributed by atoms with E-state index in [1.54, 1.807) is 0 Å². The molecule has 0 unspecified atom stereocenters. The molecule has 1 heterocycles. The van der Waals surface area contributed by atoms with E-state index in [-0.39, 0.29) is 23.9 Å². The van der Waals surface area contributed by atoms with Gasteiger partial charge >= 0.3 is 11.9 Å². The van der Waals surface area contributed by atoms with Crippen LogP contribution in [0, 0.1) is 11.8 Å². The lowest BCUT2D eigenvalue weighted by atomic mass is 9.69. The monoisotopic (exact) mass is 481 g/mol. The number of para-hydroxylation sites is 1. The number of carbonyl (C=O) groups is 3. The maximum Gasteiger partial charge on any atom is 0.337 e. The first-order valence-electron chi connectivity index (χ1n) is 12.5. The topological polar surface area (TPSA) is 90.9 Å². The minimum Gasteiger partial charge on any atom is -0.491 e. The van der Waals surface area contributed by atoms with Crippen molar-refractivity contribution in [2.24, 2.45) is 11.8 Å². The second kappa shape index (κ2) is 10.3. The Hall–Kier alpha value is -3.09. The van der Waals surface area contributed by atoms with Gasteiger partial charge in [0.15, 0.2) is 5.78 Å². The number of ether oxygens (including phenoxy) is 3. The summed E-state index contributed by atoms with van der Waals surface area (Å²) in [6.45, 7) is 7.58. The zero-order valence-corrected chi connectivity index (χ0v) is 21.2. The van der Waals surface area contributed by atoms with Gasteiger partial charge in [-0.25, -0.2) is 4.79 Å². The first-order valence-corrected chi connectivity index (χ1v) is 12.5. The van der Waals surface area contributed by atoms with Crippen molar-refractivity contribution in [1.29, 1.82) is 0 Å². The minimum absolute atomic E-state index is 0.102. The Morgan fingerprint density at radius 3 is 2.46 bits per heavy atom. The average molecular weight is 482 g/mol. The van der Waals surface area contributed by atoms with Crippen molar-refractivity contribution < 1.29 is 28.6 Å². The number of nitrogens with one attached hydrogen (secondary N) is 1. The van der Waals surface area contributed by atoms with Gasteiger partial charge in [-0.15, -0.1) is 0 Å². The number of methoxy groups -OCH3 is 1. The number of hydrogen-bond acceptors (Lipinski definition) is 7. The summed E-state index contributed by atoms with van der Waals surface area (Å²) in [6.07, 6.45) is 4.04. The molecule has 35 heavy (non-hydrogen) atoms. The van der Waals surface area contributed by atoms with Crippen LogP contribution >= 0.6 is 0 Å². The van der Waals surface area contributed by atoms with E-state index in [1.165, 1.54) is 7.11 Å². The lowest BCUT2D eigenvalue weighted by Gasteiger charge is -2.38. The van der Waals surface area contributed by atoms with Gasteiger partial charge in [-0.05, 0) is 64.9 Å². The molecular weight excluding hydrogens is 446 g/mol. The fraction of sp³-hybridized carbons (Fsp3) is 0.536. The number of Topliss-reactive ketones (excluding diaryl/α,β-unsaturated/α-hetero) is 1. The molecule has 0 spiro atoms. The summed E-state index contributed by atoms with van der Waals surface area (Å²) in [5.74, 6) is -2.57. The van der Waals surface area contributed by atoms with E-state index in [0.29, 0.717) is 34.6 Å². The van der Waals surface area contributed by atoms with E-state index in [2.05, 4.69) is 5.32 Å². The summed E-state index contributed by atoms with van der Waals surface area (Å²) in [4.78, 5) is 40.1. The average Bonchev–Trinajstić information content (AvgIpc) is 3.30. The van der Waals surface area contributed by atoms with Crippen LogP contribution in [0.1, 0.15) is 71.3 Å². The fourth-order valence-electron chi connectivity index (χ4n) is 5.56. The molecule has 3 aliphatic rings. The number of benzene rings is 1. The van der Waals surface area contributed by atoms with Crippen molar-refractivity contribution in [3.8, 4) is 5.75 Å². The van der Waals surface area contributed by atoms with Gasteiger partial charge < -0.3 is 19.5 Å². The highest BCUT2D eigenvalue weighted by molar-refractivity contribution is 6.12. The maximum atomic E-state index is 13.9. The molecule has 1 aromatic rings. The summed E-state index contributed by atoms with van der Waals surface area (Å²) in [6, 6.07) is 7.47. The third-order valence-electron chi connectivity index (χ3n) is 7.13. The number of allylic oxidation sites excluding steroid dienone is 3. The molecule has 1 N–H and O–H groups in total. The minimum atomic E-state index is -0.924. The SMILES string of the molecule is COC(=O)[C@@H]1C(=O)C2=C(C[C@H]1C)NC(C)=C(C(=O)OC1CCCC1)[C@H]2c1ccccc1OC(C)C. The molecule has 0 amide bonds. The van der Waals surface area contributed by atoms with E-state index in [4.69, 9.17) is 14.2 Å². The molecular formula is C28H35NO6. The Balaban J connectivity index is 1.85. The summed E-state index contributed by atoms with van der Waals surface area (Å²) in [5, 5.41) is 3.32. The highest BCUT2D eigenvalue weighted by Gasteiger charge is 2.48. The Morgan fingerprint density at radius 1 is 1.11 bits per heavy atom. The van der Waals surface area contributed by atoms with Crippen LogP contribution in [-0.2, 0) is 23.9 Å². The van der Waals surface area contributed by atoms with Gasteiger partial charge in [0.25, 0.3) is 0 Å². The van der Waals surface area contributed by atoms with Gasteiger partial charge in [-0.2, -0.15) is 0 Å². The highest BCUT2D eigenvalue weighted by atomic mass is 16.5. The number of hydrogen-bond donors (Lipinski definition) is 1. The Bertz CT molecular complexity index is 1080. The zero-order chi connectivity index (χ0) is 25.3. The number of ketones is 1. The standard InChI is InChI=1S/C28H35NO6/c1-15(2)34-21-13-9-8-12-19(21)24-23(28(32)35-18-10-6-7-11-18)17(4)29-20-14-16(3)22(27(31)33-5)26(30)25(20)24/h8-9,12-13,15-16,18,22,24,29H,6-7,10-11,14H2,1-5H3/t16-,22+,24-/m1/s1. The van der Waals surface area contributed by atoms with Crippen LogP contribution < -0.4 is 10.1 Å². The van der Waals surface area contributed by atoms with Crippen LogP contribution in [-0.4, -0.2) is 37.0 Å². The van der Waals surface area contributed by atoms with Gasteiger partial charge in [-0.1, -0.05) is 25.1 Å². The summed E-state index contributed by atoms with van der Waals surface area (Å²) in [5.41, 5.74) is 2.92. The van der Waals surface area contributed by atoms with E-state index < -0.39 is 23.8 Å². The molecule has 1 saturated carbocycles. The molecule has 3 atom stereocenters. The van der Waals surface area contributed by atoms with Crippen LogP contribution in [0.5, 0.6) is 5.75 Å². The van der Waals surface area contributed by atoms with Crippen molar-refractivity contribution in [3.05, 3.63) is 52.4 Å². The largest absolute Gasteiger partial charge is 0.491 e. The quantitative estimate of drug-likeness (QED) is 0.470. The van der Waals surface area contributed by atoms with Crippen molar-refractivity contribution >= 4 is 17.7 Å². The molecule has 7 nitrogen and oxygen atoms in total. The fourth-order valence-corrected chi connectivity index (χ4v) is 5.56. The smallest absolute Gasteiger partial charge is 0.337 e. The Morgan fingerprint density at radius 2 is 1.80 bits per heavy atom. The van der Waals surface area contributed by atoms with E-state index in [0.717, 1.165) is 31.4 Å². The summed E-state index contributed by atoms with van der Waals surface area (Å²) >= 11 is 0. The van der Waals surface area contributed by atoms with Crippen LogP contribution in [0.3, 0.4) is 0 Å². The van der Waals surface area contributed by atoms with Gasteiger partial charge in [0.05, 0.1) is 24.7 Å². The number of dihydropyridines is 1. The van der Waals surface area contributed by atoms with Gasteiger partial charge in [0.1, 0.15) is 17.8 Å². The lowest BCUT2D eigenvalue weighted by Crippen LogP contribution is -2.43. The van der Waals surface area contributed by atoms with Crippen LogP contribution in [0.4, 0.5) is 0 Å². The molecule has 1 aromatic carbocycles. The molecule has 188 valence electrons. The molecule has 1 fully saturated rings. The Labute approximate surface area is 206 Å². The third-order valence-corrected chi connectivity index (χ3v) is 7.13. The molecule has 7 heteroatoms. The molecule has 4 rings (SSSR count). The lowest BCUT2D eigenvalue weighted by molar-refractivity contribution is -0.151. The first kappa shape index (κ1) is 25.0. The molecule has 0 bridgehead atoms. The van der Waals surface area contributed by atoms with Crippen molar-refractivity contribution in [1.82, 2.24) is 5.32 Å². The van der Waals surface area contributed by atoms with Crippen molar-refractivity contribution in [2.45, 2.75) is 77.9 Å². The molecule has 2 aliphatic carbocycles. The van der Waals surface area contributed by atoms with Crippen LogP contribution in [0.25, 0.3) is 0 Å². The van der Waals surface area contributed by atoms with Gasteiger partial charge in [-0.3, -0.25) is 9.59 Å². The van der Waals surface area contributed by atoms with Crippen molar-refractivity contribution in [2.75, 3.05) is 7.11 Å². The normalized spacial score (nSPS) is 24.9. The van der Waals surface area contributed by atoms with E-state index in [9.17, 15) is 14.4 Å². The van der Waals surface area contributed by atoms with Crippen LogP contribution in [0.2, 0.25) is 0 Å². The van der Waals surface area contributed by atoms with Gasteiger partial charge in [0, 0.05) is 22.5 Å². The molecule has 0 saturated heterocycles. The third kappa shape index (κ3) is 4.86. The van der Waals surface area contributed by atoms with Crippen LogP contribution in [0.15, 0.2) is 46.8 Å². The first-order chi connectivity index (χ1) is 16.7. The number of esters is 2. The second-order valence-electron chi connectivity index (χ2n) is 10.1. The Kier molecular flexibility index (Phi) is 7.33. The number of carbonyl (C=O) groups excluding carboxylic acids is 3. The maximum absolute atomic E-state index is 13.9. The predicted octanol–water partition coefficient (Wildman–Crippen LogP) is 4.57. The molecule has 1 aliphatic heterocycles. The number of rotatable bonds is 6. The van der Waals surface area contributed by atoms with Crippen molar-refractivity contribution in [3.63, 3.8) is 0 Å². The summed E-state index contributed by atoms with van der Waals surface area (Å²) in [7, 11) is 1.29. The second-order valence-corrected chi connectivity index (χ2v) is 10.1. The highest BCUT2D eigenvalue weighted by Crippen LogP contribution is 2.48. The molecule has 0 radical (unpaired) electrons. The van der Waals surface area contributed by atoms with Gasteiger partial charge in [0.2, 0.25) is 0 Å². The van der Waals surface area contributed by atoms with E-state index >= 15 is 0 Å². The van der Waals surface area contributed by atoms with E-state index in [1.807, 2.05) is 52.0 Å². The predicted molar refractivity (Wildman–Crippen MR) is 130 cm³/mol. The zero-order valence-electron chi connectivity index (χ0n) is 21.2.